The summed E-state index contributed by atoms with van der Waals surface area (Å²) in [6, 6.07) is 3.55. The zero-order chi connectivity index (χ0) is 17.0. The first kappa shape index (κ1) is 16.4. The molecule has 2 aromatic rings. The Bertz CT molecular complexity index is 713. The van der Waals surface area contributed by atoms with Crippen LogP contribution in [0.3, 0.4) is 0 Å². The lowest BCUT2D eigenvalue weighted by molar-refractivity contribution is -0.388. The highest BCUT2D eigenvalue weighted by molar-refractivity contribution is 5.58. The van der Waals surface area contributed by atoms with Crippen LogP contribution in [-0.2, 0) is 13.6 Å². The van der Waals surface area contributed by atoms with Gasteiger partial charge in [-0.3, -0.25) is 4.57 Å². The average molecular weight is 322 g/mol. The lowest BCUT2D eigenvalue weighted by Crippen LogP contribution is -2.07. The van der Waals surface area contributed by atoms with E-state index in [1.165, 1.54) is 27.7 Å². The maximum atomic E-state index is 11.0. The van der Waals surface area contributed by atoms with Crippen LogP contribution < -0.4 is 19.5 Å². The van der Waals surface area contributed by atoms with E-state index in [-0.39, 0.29) is 5.82 Å². The Labute approximate surface area is 132 Å². The quantitative estimate of drug-likeness (QED) is 0.614. The standard InChI is InChI=1S/C14H18N4O5/c1-17-8-16-14(18(19)20)13(17)15-7-9-5-6-10(21-2)12(23-4)11(9)22-3/h5-6,8,15H,7H2,1-4H3. The van der Waals surface area contributed by atoms with Gasteiger partial charge < -0.3 is 29.6 Å². The molecule has 0 amide bonds. The topological polar surface area (TPSA) is 101 Å². The Morgan fingerprint density at radius 2 is 1.91 bits per heavy atom. The molecule has 0 saturated carbocycles. The summed E-state index contributed by atoms with van der Waals surface area (Å²) in [7, 11) is 6.25. The van der Waals surface area contributed by atoms with E-state index in [1.807, 2.05) is 0 Å². The third-order valence-corrected chi connectivity index (χ3v) is 3.32. The molecule has 1 N–H and O–H groups in total. The molecule has 0 unspecified atom stereocenters. The number of anilines is 1. The summed E-state index contributed by atoms with van der Waals surface area (Å²) < 4.78 is 17.5. The van der Waals surface area contributed by atoms with Crippen molar-refractivity contribution < 1.29 is 19.1 Å². The van der Waals surface area contributed by atoms with E-state index in [9.17, 15) is 10.1 Å². The first-order chi connectivity index (χ1) is 11.0. The molecule has 0 aliphatic carbocycles. The Morgan fingerprint density at radius 3 is 2.48 bits per heavy atom. The normalized spacial score (nSPS) is 10.3. The van der Waals surface area contributed by atoms with Crippen molar-refractivity contribution in [1.29, 1.82) is 0 Å². The summed E-state index contributed by atoms with van der Waals surface area (Å²) in [5, 5.41) is 14.0. The Hall–Kier alpha value is -2.97. The number of methoxy groups -OCH3 is 3. The number of benzene rings is 1. The van der Waals surface area contributed by atoms with Gasteiger partial charge in [0.1, 0.15) is 0 Å². The first-order valence-corrected chi connectivity index (χ1v) is 6.70. The number of rotatable bonds is 7. The fourth-order valence-electron chi connectivity index (χ4n) is 2.24. The molecular formula is C14H18N4O5. The number of hydrogen-bond donors (Lipinski definition) is 1. The molecule has 0 aliphatic rings. The number of hydrogen-bond acceptors (Lipinski definition) is 7. The molecule has 0 fully saturated rings. The summed E-state index contributed by atoms with van der Waals surface area (Å²) in [6.45, 7) is 0.296. The van der Waals surface area contributed by atoms with Crippen molar-refractivity contribution in [3.63, 3.8) is 0 Å². The summed E-state index contributed by atoms with van der Waals surface area (Å²) >= 11 is 0. The van der Waals surface area contributed by atoms with E-state index in [4.69, 9.17) is 14.2 Å². The highest BCUT2D eigenvalue weighted by Gasteiger charge is 2.21. The molecule has 0 atom stereocenters. The predicted molar refractivity (Wildman–Crippen MR) is 83.3 cm³/mol. The highest BCUT2D eigenvalue weighted by Crippen LogP contribution is 2.40. The smallest absolute Gasteiger partial charge is 0.406 e. The number of nitrogens with zero attached hydrogens (tertiary/aromatic N) is 3. The van der Waals surface area contributed by atoms with E-state index in [2.05, 4.69) is 10.3 Å². The van der Waals surface area contributed by atoms with Gasteiger partial charge in [0.25, 0.3) is 0 Å². The van der Waals surface area contributed by atoms with Crippen LogP contribution in [0.5, 0.6) is 17.2 Å². The van der Waals surface area contributed by atoms with Gasteiger partial charge in [-0.2, -0.15) is 0 Å². The Morgan fingerprint density at radius 1 is 1.22 bits per heavy atom. The zero-order valence-corrected chi connectivity index (χ0v) is 13.3. The fourth-order valence-corrected chi connectivity index (χ4v) is 2.24. The minimum absolute atomic E-state index is 0.230. The van der Waals surface area contributed by atoms with Crippen LogP contribution in [-0.4, -0.2) is 35.8 Å². The van der Waals surface area contributed by atoms with Crippen molar-refractivity contribution in [3.05, 3.63) is 34.1 Å². The number of aromatic nitrogens is 2. The van der Waals surface area contributed by atoms with Gasteiger partial charge in [0.2, 0.25) is 17.9 Å². The molecule has 1 aromatic heterocycles. The van der Waals surface area contributed by atoms with E-state index in [1.54, 1.807) is 23.7 Å². The fraction of sp³-hybridized carbons (Fsp3) is 0.357. The number of imidazole rings is 1. The van der Waals surface area contributed by atoms with Crippen molar-refractivity contribution in [2.24, 2.45) is 7.05 Å². The molecule has 124 valence electrons. The second-order valence-electron chi connectivity index (χ2n) is 4.63. The third kappa shape index (κ3) is 3.12. The molecule has 0 aliphatic heterocycles. The number of nitrogens with one attached hydrogen (secondary N) is 1. The first-order valence-electron chi connectivity index (χ1n) is 6.70. The maximum Gasteiger partial charge on any atom is 0.406 e. The molecule has 0 saturated heterocycles. The lowest BCUT2D eigenvalue weighted by atomic mass is 10.1. The van der Waals surface area contributed by atoms with E-state index >= 15 is 0 Å². The molecule has 2 rings (SSSR count). The van der Waals surface area contributed by atoms with Crippen LogP contribution in [0.25, 0.3) is 0 Å². The monoisotopic (exact) mass is 322 g/mol. The van der Waals surface area contributed by atoms with Crippen molar-refractivity contribution in [3.8, 4) is 17.2 Å². The van der Waals surface area contributed by atoms with Crippen LogP contribution in [0.15, 0.2) is 18.5 Å². The third-order valence-electron chi connectivity index (χ3n) is 3.32. The van der Waals surface area contributed by atoms with Gasteiger partial charge in [-0.15, -0.1) is 0 Å². The minimum Gasteiger partial charge on any atom is -0.493 e. The lowest BCUT2D eigenvalue weighted by Gasteiger charge is -2.16. The summed E-state index contributed by atoms with van der Waals surface area (Å²) in [5.74, 6) is 1.59. The molecule has 0 bridgehead atoms. The second-order valence-corrected chi connectivity index (χ2v) is 4.63. The van der Waals surface area contributed by atoms with Crippen molar-refractivity contribution >= 4 is 11.6 Å². The SMILES string of the molecule is COc1ccc(CNc2c([N+](=O)[O-])ncn2C)c(OC)c1OC. The summed E-state index contributed by atoms with van der Waals surface area (Å²) in [5.41, 5.74) is 0.764. The average Bonchev–Trinajstić information content (AvgIpc) is 2.92. The molecule has 9 heteroatoms. The van der Waals surface area contributed by atoms with E-state index < -0.39 is 4.92 Å². The highest BCUT2D eigenvalue weighted by atomic mass is 16.6. The van der Waals surface area contributed by atoms with Gasteiger partial charge in [-0.1, -0.05) is 0 Å². The van der Waals surface area contributed by atoms with Crippen LogP contribution in [0.2, 0.25) is 0 Å². The molecule has 1 heterocycles. The summed E-state index contributed by atoms with van der Waals surface area (Å²) in [6.07, 6.45) is 1.38. The number of ether oxygens (including phenoxy) is 3. The largest absolute Gasteiger partial charge is 0.493 e. The zero-order valence-electron chi connectivity index (χ0n) is 13.3. The van der Waals surface area contributed by atoms with Gasteiger partial charge >= 0.3 is 5.82 Å². The second kappa shape index (κ2) is 6.86. The van der Waals surface area contributed by atoms with Gasteiger partial charge in [-0.25, -0.2) is 0 Å². The van der Waals surface area contributed by atoms with Crippen LogP contribution >= 0.6 is 0 Å². The van der Waals surface area contributed by atoms with Crippen molar-refractivity contribution in [1.82, 2.24) is 9.55 Å². The maximum absolute atomic E-state index is 11.0. The van der Waals surface area contributed by atoms with Crippen LogP contribution in [0.4, 0.5) is 11.6 Å². The molecule has 0 radical (unpaired) electrons. The Kier molecular flexibility index (Phi) is 4.89. The predicted octanol–water partition coefficient (Wildman–Crippen LogP) is 1.97. The molecule has 23 heavy (non-hydrogen) atoms. The molecule has 0 spiro atoms. The van der Waals surface area contributed by atoms with Crippen molar-refractivity contribution in [2.75, 3.05) is 26.6 Å². The minimum atomic E-state index is -0.534. The molecular weight excluding hydrogens is 304 g/mol. The number of aryl methyl sites for hydroxylation is 1. The summed E-state index contributed by atoms with van der Waals surface area (Å²) in [4.78, 5) is 14.2. The van der Waals surface area contributed by atoms with Gasteiger partial charge in [0.05, 0.1) is 21.3 Å². The number of nitro groups is 1. The van der Waals surface area contributed by atoms with Crippen LogP contribution in [0, 0.1) is 10.1 Å². The molecule has 9 nitrogen and oxygen atoms in total. The van der Waals surface area contributed by atoms with Crippen molar-refractivity contribution in [2.45, 2.75) is 6.54 Å². The molecule has 1 aromatic carbocycles. The van der Waals surface area contributed by atoms with Gasteiger partial charge in [0.15, 0.2) is 11.5 Å². The Balaban J connectivity index is 2.31. The van der Waals surface area contributed by atoms with Crippen LogP contribution in [0.1, 0.15) is 5.56 Å². The van der Waals surface area contributed by atoms with Gasteiger partial charge in [-0.05, 0) is 22.0 Å². The van der Waals surface area contributed by atoms with E-state index in [0.29, 0.717) is 29.6 Å². The van der Waals surface area contributed by atoms with Gasteiger partial charge in [0, 0.05) is 19.2 Å². The van der Waals surface area contributed by atoms with E-state index in [0.717, 1.165) is 5.56 Å².